The number of anilines is 1. The number of aliphatic hydroxyl groups is 2. The number of carbonyl (C=O) groups is 2. The average Bonchev–Trinajstić information content (AvgIpc) is 3.88. The summed E-state index contributed by atoms with van der Waals surface area (Å²) in [5, 5.41) is 26.1. The molecule has 6 heterocycles. The summed E-state index contributed by atoms with van der Waals surface area (Å²) in [6.07, 6.45) is 8.39. The summed E-state index contributed by atoms with van der Waals surface area (Å²) in [6.45, 7) is 17.7. The van der Waals surface area contributed by atoms with E-state index in [0.717, 1.165) is 78.0 Å². The molecule has 3 N–H and O–H groups in total. The number of benzene rings is 2. The van der Waals surface area contributed by atoms with E-state index in [1.165, 1.54) is 7.11 Å². The van der Waals surface area contributed by atoms with Gasteiger partial charge < -0.3 is 29.6 Å². The zero-order chi connectivity index (χ0) is 40.9. The molecule has 1 aromatic heterocycles. The molecule has 1 aliphatic carbocycles. The molecule has 6 aliphatic rings. The number of fused-ring (bicyclic) bond motifs is 6. The van der Waals surface area contributed by atoms with Crippen LogP contribution < -0.4 is 9.64 Å². The summed E-state index contributed by atoms with van der Waals surface area (Å²) < 4.78 is 12.3. The Kier molecular flexibility index (Phi) is 9.66. The molecule has 306 valence electrons. The number of esters is 1. The number of ketones is 1. The van der Waals surface area contributed by atoms with Crippen molar-refractivity contribution in [2.24, 2.45) is 17.3 Å². The quantitative estimate of drug-likeness (QED) is 0.207. The summed E-state index contributed by atoms with van der Waals surface area (Å²) in [5.41, 5.74) is 0.665. The monoisotopic (exact) mass is 778 g/mol. The molecule has 10 atom stereocenters. The highest BCUT2D eigenvalue weighted by atomic mass is 16.5. The lowest BCUT2D eigenvalue weighted by Gasteiger charge is -2.64. The van der Waals surface area contributed by atoms with Crippen molar-refractivity contribution in [1.82, 2.24) is 14.8 Å². The van der Waals surface area contributed by atoms with Gasteiger partial charge in [-0.1, -0.05) is 51.1 Å². The van der Waals surface area contributed by atoms with Crippen molar-refractivity contribution in [2.45, 2.75) is 100 Å². The molecule has 5 aliphatic heterocycles. The van der Waals surface area contributed by atoms with Gasteiger partial charge >= 0.3 is 5.97 Å². The lowest BCUT2D eigenvalue weighted by molar-refractivity contribution is -0.174. The lowest BCUT2D eigenvalue weighted by atomic mass is 9.44. The maximum Gasteiger partial charge on any atom is 0.322 e. The van der Waals surface area contributed by atoms with Crippen molar-refractivity contribution in [1.29, 1.82) is 0 Å². The van der Waals surface area contributed by atoms with Crippen LogP contribution >= 0.6 is 0 Å². The summed E-state index contributed by atoms with van der Waals surface area (Å²) in [6, 6.07) is 12.1. The number of hydrogen-bond donors (Lipinski definition) is 3. The van der Waals surface area contributed by atoms with Crippen LogP contribution in [-0.4, -0.2) is 114 Å². The molecule has 5 unspecified atom stereocenters. The minimum absolute atomic E-state index is 0.0294. The zero-order valence-corrected chi connectivity index (χ0v) is 35.0. The number of methoxy groups -OCH3 is 2. The number of aromatic nitrogens is 1. The van der Waals surface area contributed by atoms with Crippen LogP contribution in [0, 0.1) is 17.3 Å². The first-order chi connectivity index (χ1) is 27.3. The van der Waals surface area contributed by atoms with Crippen LogP contribution in [-0.2, 0) is 31.6 Å². The lowest BCUT2D eigenvalue weighted by Crippen LogP contribution is -2.77. The minimum atomic E-state index is -1.63. The van der Waals surface area contributed by atoms with Crippen molar-refractivity contribution in [3.8, 4) is 5.75 Å². The third kappa shape index (κ3) is 5.09. The standard InChI is InChI=1S/C45H58N4O6.C2H4/c1-8-41(52)23-29-24-44(40(51)55-7,37-31(15-19-48(25-29)26-41)30-13-10-11-14-34(30)46-37)33-21-32-35(22-36(33)54-6)47(5)39-43(32)17-20-49-18-12-16-42(9-2,38(43)49)27(3)45(39,53)28(4)50;1-2/h10-14,16,21-22,27,29,38-39,46,52-53H,8-9,15,17-20,23-26H2,1-7H3;1-2H2/t27-,29?,38?,39?,41+,42+,43?,44+,45+;/m1./s1. The highest BCUT2D eigenvalue weighted by Crippen LogP contribution is 2.69. The second-order valence-electron chi connectivity index (χ2n) is 18.0. The Morgan fingerprint density at radius 2 is 1.77 bits per heavy atom. The molecule has 3 aromatic rings. The average molecular weight is 779 g/mol. The van der Waals surface area contributed by atoms with Gasteiger partial charge in [0, 0.05) is 89.9 Å². The second kappa shape index (κ2) is 13.8. The van der Waals surface area contributed by atoms with Crippen LogP contribution in [0.25, 0.3) is 10.9 Å². The molecule has 3 fully saturated rings. The fourth-order valence-electron chi connectivity index (χ4n) is 13.6. The van der Waals surface area contributed by atoms with Crippen molar-refractivity contribution >= 4 is 28.3 Å². The number of carbonyl (C=O) groups excluding carboxylic acids is 2. The van der Waals surface area contributed by atoms with Crippen LogP contribution in [0.15, 0.2) is 61.7 Å². The highest BCUT2D eigenvalue weighted by Gasteiger charge is 2.77. The molecule has 2 bridgehead atoms. The van der Waals surface area contributed by atoms with Crippen LogP contribution in [0.5, 0.6) is 5.75 Å². The van der Waals surface area contributed by atoms with Gasteiger partial charge in [-0.15, -0.1) is 13.2 Å². The Morgan fingerprint density at radius 1 is 1.02 bits per heavy atom. The van der Waals surface area contributed by atoms with E-state index in [2.05, 4.69) is 90.0 Å². The number of H-pyrrole nitrogens is 1. The molecule has 1 spiro atoms. The topological polar surface area (TPSA) is 119 Å². The van der Waals surface area contributed by atoms with Crippen LogP contribution in [0.1, 0.15) is 82.2 Å². The minimum Gasteiger partial charge on any atom is -0.496 e. The van der Waals surface area contributed by atoms with Gasteiger partial charge in [0.1, 0.15) is 16.8 Å². The van der Waals surface area contributed by atoms with Gasteiger partial charge in [-0.05, 0) is 81.2 Å². The number of rotatable bonds is 6. The number of nitrogens with zero attached hydrogens (tertiary/aromatic N) is 3. The van der Waals surface area contributed by atoms with Crippen LogP contribution in [0.3, 0.4) is 0 Å². The number of piperidine rings is 1. The van der Waals surface area contributed by atoms with E-state index in [-0.39, 0.29) is 29.6 Å². The van der Waals surface area contributed by atoms with Gasteiger partial charge in [-0.25, -0.2) is 0 Å². The number of ether oxygens (including phenoxy) is 2. The number of aromatic amines is 1. The second-order valence-corrected chi connectivity index (χ2v) is 18.0. The van der Waals surface area contributed by atoms with Crippen molar-refractivity contribution < 1.29 is 29.3 Å². The SMILES string of the molecule is C=C.CC[C@]1(O)CC2CN(CCc3c([nH]c4ccccc34)[C@@](C(=O)OC)(c3cc4c(cc3OC)N(C)C3C45CCN4CC=C[C@](CC)(C45)[C@@H](C)[C@]3(O)C(C)=O)C2)C1. The molecule has 57 heavy (non-hydrogen) atoms. The Balaban J connectivity index is 0.00000224. The molecule has 0 radical (unpaired) electrons. The smallest absolute Gasteiger partial charge is 0.322 e. The summed E-state index contributed by atoms with van der Waals surface area (Å²) in [7, 11) is 5.16. The molecule has 0 amide bonds. The molecular formula is C47H62N4O6. The van der Waals surface area contributed by atoms with Crippen LogP contribution in [0.2, 0.25) is 0 Å². The van der Waals surface area contributed by atoms with E-state index in [1.807, 2.05) is 19.2 Å². The van der Waals surface area contributed by atoms with E-state index < -0.39 is 33.5 Å². The first-order valence-corrected chi connectivity index (χ1v) is 21.0. The van der Waals surface area contributed by atoms with Gasteiger partial charge in [-0.3, -0.25) is 19.4 Å². The predicted octanol–water partition coefficient (Wildman–Crippen LogP) is 5.91. The number of nitrogens with one attached hydrogen (secondary N) is 1. The summed E-state index contributed by atoms with van der Waals surface area (Å²) in [4.78, 5) is 40.2. The summed E-state index contributed by atoms with van der Waals surface area (Å²) >= 11 is 0. The third-order valence-electron chi connectivity index (χ3n) is 15.9. The van der Waals surface area contributed by atoms with Crippen molar-refractivity contribution in [2.75, 3.05) is 58.9 Å². The fraction of sp³-hybridized carbons (Fsp3) is 0.574. The highest BCUT2D eigenvalue weighted by molar-refractivity contribution is 5.95. The predicted molar refractivity (Wildman–Crippen MR) is 224 cm³/mol. The van der Waals surface area contributed by atoms with E-state index in [9.17, 15) is 15.0 Å². The maximum absolute atomic E-state index is 15.2. The molecule has 2 saturated heterocycles. The molecule has 2 aromatic carbocycles. The number of Topliss-reactive ketones (excluding diaryl/α,β-unsaturated/α-hetero) is 1. The van der Waals surface area contributed by atoms with Gasteiger partial charge in [0.15, 0.2) is 5.78 Å². The van der Waals surface area contributed by atoms with Gasteiger partial charge in [-0.2, -0.15) is 0 Å². The Morgan fingerprint density at radius 3 is 2.46 bits per heavy atom. The van der Waals surface area contributed by atoms with Crippen LogP contribution in [0.4, 0.5) is 5.69 Å². The molecule has 1 saturated carbocycles. The summed E-state index contributed by atoms with van der Waals surface area (Å²) in [5.74, 6) is -0.384. The Labute approximate surface area is 337 Å². The third-order valence-corrected chi connectivity index (χ3v) is 15.9. The maximum atomic E-state index is 15.2. The van der Waals surface area contributed by atoms with E-state index in [1.54, 1.807) is 14.0 Å². The Hall–Kier alpha value is -3.96. The molecule has 10 nitrogen and oxygen atoms in total. The van der Waals surface area contributed by atoms with Gasteiger partial charge in [0.25, 0.3) is 0 Å². The number of hydrogen-bond acceptors (Lipinski definition) is 9. The normalized spacial score (nSPS) is 37.7. The first kappa shape index (κ1) is 39.8. The Bertz CT molecular complexity index is 2130. The number of likely N-dealkylation sites (N-methyl/N-ethyl adjacent to an activating group) is 1. The molecule has 9 rings (SSSR count). The van der Waals surface area contributed by atoms with E-state index >= 15 is 4.79 Å². The van der Waals surface area contributed by atoms with Gasteiger partial charge in [0.05, 0.1) is 25.9 Å². The van der Waals surface area contributed by atoms with Crippen molar-refractivity contribution in [3.05, 3.63) is 84.1 Å². The first-order valence-electron chi connectivity index (χ1n) is 21.0. The molecule has 10 heteroatoms. The number of para-hydroxylation sites is 1. The van der Waals surface area contributed by atoms with E-state index in [4.69, 9.17) is 9.47 Å². The van der Waals surface area contributed by atoms with Gasteiger partial charge in [0.2, 0.25) is 0 Å². The van der Waals surface area contributed by atoms with Crippen molar-refractivity contribution in [3.63, 3.8) is 0 Å². The fourth-order valence-corrected chi connectivity index (χ4v) is 13.6. The largest absolute Gasteiger partial charge is 0.496 e. The zero-order valence-electron chi connectivity index (χ0n) is 35.0. The molecular weight excluding hydrogens is 717 g/mol. The van der Waals surface area contributed by atoms with E-state index in [0.29, 0.717) is 38.0 Å².